The normalized spacial score (nSPS) is 8.42. The van der Waals surface area contributed by atoms with Gasteiger partial charge in [-0.25, -0.2) is 0 Å². The van der Waals surface area contributed by atoms with E-state index in [0.29, 0.717) is 23.2 Å². The van der Waals surface area contributed by atoms with Crippen molar-refractivity contribution in [2.24, 2.45) is 0 Å². The molecule has 3 nitrogen and oxygen atoms in total. The first-order valence-electron chi connectivity index (χ1n) is 2.98. The van der Waals surface area contributed by atoms with Gasteiger partial charge in [-0.3, -0.25) is 9.59 Å². The molecule has 0 saturated carbocycles. The monoisotopic (exact) mass is 186 g/mol. The average molecular weight is 187 g/mol. The van der Waals surface area contributed by atoms with Gasteiger partial charge in [0.25, 0.3) is 0 Å². The Morgan fingerprint density at radius 1 is 1.17 bits per heavy atom. The highest BCUT2D eigenvalue weighted by molar-refractivity contribution is 6.33. The van der Waals surface area contributed by atoms with Gasteiger partial charge >= 0.3 is 0 Å². The predicted octanol–water partition coefficient (Wildman–Crippen LogP) is 1.14. The largest absolute Gasteiger partial charge is 0.412 e. The third-order valence-corrected chi connectivity index (χ3v) is 1.66. The van der Waals surface area contributed by atoms with E-state index in [1.807, 2.05) is 0 Å². The zero-order chi connectivity index (χ0) is 8.27. The van der Waals surface area contributed by atoms with Gasteiger partial charge in [0.05, 0.1) is 5.02 Å². The Labute approximate surface area is 74.3 Å². The fourth-order valence-electron chi connectivity index (χ4n) is 0.781. The number of halogens is 1. The molecule has 0 unspecified atom stereocenters. The summed E-state index contributed by atoms with van der Waals surface area (Å²) < 4.78 is 0. The summed E-state index contributed by atoms with van der Waals surface area (Å²) in [5, 5.41) is 0.310. The lowest BCUT2D eigenvalue weighted by atomic mass is 10.1. The minimum Gasteiger partial charge on any atom is -0.412 e. The van der Waals surface area contributed by atoms with Crippen molar-refractivity contribution < 1.29 is 15.1 Å². The maximum atomic E-state index is 10.4. The van der Waals surface area contributed by atoms with Crippen LogP contribution in [0.25, 0.3) is 0 Å². The number of aldehydes is 2. The number of carbonyl (C=O) groups excluding carboxylic acids is 2. The average Bonchev–Trinajstić information content (AvgIpc) is 2.04. The fraction of sp³-hybridized carbons (Fsp3) is 0. The van der Waals surface area contributed by atoms with Crippen molar-refractivity contribution in [3.8, 4) is 0 Å². The summed E-state index contributed by atoms with van der Waals surface area (Å²) in [6.07, 6.45) is 1.18. The molecule has 0 heterocycles. The summed E-state index contributed by atoms with van der Waals surface area (Å²) in [6.45, 7) is 0. The molecule has 2 N–H and O–H groups in total. The molecule has 0 aliphatic heterocycles. The highest BCUT2D eigenvalue weighted by Crippen LogP contribution is 2.16. The van der Waals surface area contributed by atoms with Crippen LogP contribution in [0.3, 0.4) is 0 Å². The van der Waals surface area contributed by atoms with Crippen molar-refractivity contribution >= 4 is 24.2 Å². The number of carbonyl (C=O) groups is 2. The van der Waals surface area contributed by atoms with Gasteiger partial charge in [0, 0.05) is 11.1 Å². The van der Waals surface area contributed by atoms with E-state index < -0.39 is 0 Å². The molecule has 0 radical (unpaired) electrons. The van der Waals surface area contributed by atoms with Gasteiger partial charge in [-0.1, -0.05) is 23.7 Å². The van der Waals surface area contributed by atoms with E-state index in [0.717, 1.165) is 0 Å². The molecule has 0 aliphatic rings. The van der Waals surface area contributed by atoms with Gasteiger partial charge in [0.2, 0.25) is 0 Å². The maximum absolute atomic E-state index is 10.4. The Kier molecular flexibility index (Phi) is 4.18. The quantitative estimate of drug-likeness (QED) is 0.650. The zero-order valence-electron chi connectivity index (χ0n) is 6.08. The van der Waals surface area contributed by atoms with E-state index in [-0.39, 0.29) is 11.0 Å². The molecular formula is C8H7ClO3. The minimum atomic E-state index is 0. The van der Waals surface area contributed by atoms with E-state index in [4.69, 9.17) is 11.6 Å². The van der Waals surface area contributed by atoms with Crippen LogP contribution in [-0.4, -0.2) is 18.0 Å². The van der Waals surface area contributed by atoms with Crippen LogP contribution in [0.15, 0.2) is 18.2 Å². The lowest BCUT2D eigenvalue weighted by Crippen LogP contribution is -1.90. The number of rotatable bonds is 2. The fourth-order valence-corrected chi connectivity index (χ4v) is 1.01. The van der Waals surface area contributed by atoms with Crippen molar-refractivity contribution in [3.63, 3.8) is 0 Å². The van der Waals surface area contributed by atoms with Crippen molar-refractivity contribution in [2.75, 3.05) is 0 Å². The third kappa shape index (κ3) is 1.90. The summed E-state index contributed by atoms with van der Waals surface area (Å²) in [5.74, 6) is 0. The third-order valence-electron chi connectivity index (χ3n) is 1.33. The second-order valence-corrected chi connectivity index (χ2v) is 2.39. The SMILES string of the molecule is O.O=Cc1cccc(Cl)c1C=O. The zero-order valence-corrected chi connectivity index (χ0v) is 6.84. The molecule has 12 heavy (non-hydrogen) atoms. The summed E-state index contributed by atoms with van der Waals surface area (Å²) >= 11 is 5.62. The van der Waals surface area contributed by atoms with Crippen molar-refractivity contribution in [1.82, 2.24) is 0 Å². The first-order valence-corrected chi connectivity index (χ1v) is 3.36. The lowest BCUT2D eigenvalue weighted by molar-refractivity contribution is 0.109. The summed E-state index contributed by atoms with van der Waals surface area (Å²) in [6, 6.07) is 4.74. The first kappa shape index (κ1) is 10.8. The summed E-state index contributed by atoms with van der Waals surface area (Å²) in [4.78, 5) is 20.7. The molecule has 1 aromatic rings. The van der Waals surface area contributed by atoms with Crippen LogP contribution in [0, 0.1) is 0 Å². The highest BCUT2D eigenvalue weighted by Gasteiger charge is 2.03. The number of benzene rings is 1. The Bertz CT molecular complexity index is 296. The Balaban J connectivity index is 0.00000121. The summed E-state index contributed by atoms with van der Waals surface area (Å²) in [7, 11) is 0. The van der Waals surface area contributed by atoms with Gasteiger partial charge < -0.3 is 5.48 Å². The van der Waals surface area contributed by atoms with Crippen LogP contribution in [0.2, 0.25) is 5.02 Å². The van der Waals surface area contributed by atoms with Gasteiger partial charge in [0.15, 0.2) is 12.6 Å². The molecule has 0 spiro atoms. The van der Waals surface area contributed by atoms with E-state index in [9.17, 15) is 9.59 Å². The molecular weight excluding hydrogens is 180 g/mol. The Morgan fingerprint density at radius 2 is 1.83 bits per heavy atom. The van der Waals surface area contributed by atoms with E-state index in [2.05, 4.69) is 0 Å². The second-order valence-electron chi connectivity index (χ2n) is 1.98. The van der Waals surface area contributed by atoms with Crippen LogP contribution in [0.1, 0.15) is 20.7 Å². The minimum absolute atomic E-state index is 0. The van der Waals surface area contributed by atoms with E-state index in [1.165, 1.54) is 0 Å². The molecule has 0 aromatic heterocycles. The van der Waals surface area contributed by atoms with Gasteiger partial charge in [-0.15, -0.1) is 0 Å². The van der Waals surface area contributed by atoms with Crippen molar-refractivity contribution in [3.05, 3.63) is 34.3 Å². The van der Waals surface area contributed by atoms with E-state index in [1.54, 1.807) is 18.2 Å². The molecule has 0 aliphatic carbocycles. The Hall–Kier alpha value is -1.19. The van der Waals surface area contributed by atoms with Gasteiger partial charge in [0.1, 0.15) is 0 Å². The van der Waals surface area contributed by atoms with Crippen LogP contribution in [0.5, 0.6) is 0 Å². The van der Waals surface area contributed by atoms with Crippen LogP contribution in [0.4, 0.5) is 0 Å². The molecule has 1 aromatic carbocycles. The first-order chi connectivity index (χ1) is 5.29. The second kappa shape index (κ2) is 4.64. The van der Waals surface area contributed by atoms with Crippen LogP contribution in [-0.2, 0) is 0 Å². The number of hydrogen-bond acceptors (Lipinski definition) is 2. The topological polar surface area (TPSA) is 65.6 Å². The van der Waals surface area contributed by atoms with Crippen LogP contribution < -0.4 is 0 Å². The standard InChI is InChI=1S/C8H5ClO2.H2O/c9-8-3-1-2-6(4-10)7(8)5-11;/h1-5H;1H2. The predicted molar refractivity (Wildman–Crippen MR) is 45.8 cm³/mol. The van der Waals surface area contributed by atoms with Crippen molar-refractivity contribution in [1.29, 1.82) is 0 Å². The smallest absolute Gasteiger partial charge is 0.152 e. The maximum Gasteiger partial charge on any atom is 0.152 e. The number of hydrogen-bond donors (Lipinski definition) is 0. The van der Waals surface area contributed by atoms with Crippen LogP contribution >= 0.6 is 11.6 Å². The molecule has 0 fully saturated rings. The molecule has 1 rings (SSSR count). The van der Waals surface area contributed by atoms with Gasteiger partial charge in [-0.05, 0) is 6.07 Å². The molecule has 0 amide bonds. The molecule has 0 saturated heterocycles. The van der Waals surface area contributed by atoms with Crippen molar-refractivity contribution in [2.45, 2.75) is 0 Å². The highest BCUT2D eigenvalue weighted by atomic mass is 35.5. The Morgan fingerprint density at radius 3 is 2.25 bits per heavy atom. The molecule has 0 atom stereocenters. The molecule has 64 valence electrons. The summed E-state index contributed by atoms with van der Waals surface area (Å²) in [5.41, 5.74) is 0.580. The van der Waals surface area contributed by atoms with Gasteiger partial charge in [-0.2, -0.15) is 0 Å². The molecule has 0 bridgehead atoms. The van der Waals surface area contributed by atoms with E-state index >= 15 is 0 Å². The lowest BCUT2D eigenvalue weighted by Gasteiger charge is -1.96. The molecule has 4 heteroatoms.